The van der Waals surface area contributed by atoms with Crippen LogP contribution in [0.2, 0.25) is 5.02 Å². The van der Waals surface area contributed by atoms with Crippen LogP contribution in [0.4, 0.5) is 5.69 Å². The van der Waals surface area contributed by atoms with Gasteiger partial charge in [0.2, 0.25) is 11.8 Å². The molecule has 0 unspecified atom stereocenters. The minimum atomic E-state index is -0.439. The zero-order valence-electron chi connectivity index (χ0n) is 14.1. The number of hydrogen-bond donors (Lipinski definition) is 2. The van der Waals surface area contributed by atoms with Gasteiger partial charge in [-0.1, -0.05) is 23.4 Å². The number of primary amides is 1. The lowest BCUT2D eigenvalue weighted by atomic mass is 10.3. The second kappa shape index (κ2) is 8.74. The van der Waals surface area contributed by atoms with Gasteiger partial charge in [0.05, 0.1) is 12.0 Å². The zero-order valence-corrected chi connectivity index (χ0v) is 15.7. The van der Waals surface area contributed by atoms with Crippen LogP contribution < -0.4 is 11.1 Å². The summed E-state index contributed by atoms with van der Waals surface area (Å²) in [6.07, 6.45) is 1.64. The molecule has 2 heterocycles. The van der Waals surface area contributed by atoms with Crippen molar-refractivity contribution in [3.05, 3.63) is 47.7 Å². The van der Waals surface area contributed by atoms with Crippen LogP contribution in [-0.2, 0) is 16.1 Å². The molecule has 2 aromatic heterocycles. The molecule has 0 saturated heterocycles. The number of nitrogens with one attached hydrogen (secondary N) is 1. The highest BCUT2D eigenvalue weighted by Crippen LogP contribution is 2.25. The van der Waals surface area contributed by atoms with E-state index in [2.05, 4.69) is 15.5 Å². The molecule has 0 spiro atoms. The number of nitrogens with zero attached hydrogens (tertiary/aromatic N) is 3. The number of thioether (sulfide) groups is 1. The molecule has 8 nitrogen and oxygen atoms in total. The van der Waals surface area contributed by atoms with E-state index >= 15 is 0 Å². The minimum absolute atomic E-state index is 0.121. The van der Waals surface area contributed by atoms with Crippen LogP contribution in [0.15, 0.2) is 52.2 Å². The molecular weight excluding hydrogens is 390 g/mol. The molecule has 0 radical (unpaired) electrons. The lowest BCUT2D eigenvalue weighted by molar-refractivity contribution is -0.118. The number of rotatable bonds is 8. The first kappa shape index (κ1) is 19.0. The van der Waals surface area contributed by atoms with E-state index in [0.29, 0.717) is 34.0 Å². The molecular formula is C17H16ClN5O3S. The molecule has 0 fully saturated rings. The molecule has 3 rings (SSSR count). The van der Waals surface area contributed by atoms with Crippen LogP contribution in [0.3, 0.4) is 0 Å². The molecule has 0 aliphatic rings. The van der Waals surface area contributed by atoms with Crippen molar-refractivity contribution in [3.8, 4) is 11.6 Å². The monoisotopic (exact) mass is 405 g/mol. The van der Waals surface area contributed by atoms with E-state index in [-0.39, 0.29) is 18.1 Å². The summed E-state index contributed by atoms with van der Waals surface area (Å²) in [6, 6.07) is 10.3. The first-order valence-electron chi connectivity index (χ1n) is 7.96. The predicted molar refractivity (Wildman–Crippen MR) is 102 cm³/mol. The normalized spacial score (nSPS) is 10.7. The van der Waals surface area contributed by atoms with Gasteiger partial charge in [-0.05, 0) is 36.4 Å². The molecule has 1 aromatic carbocycles. The Morgan fingerprint density at radius 3 is 2.67 bits per heavy atom. The summed E-state index contributed by atoms with van der Waals surface area (Å²) in [7, 11) is 0. The number of carbonyl (C=O) groups excluding carboxylic acids is 2. The summed E-state index contributed by atoms with van der Waals surface area (Å²) < 4.78 is 7.07. The van der Waals surface area contributed by atoms with Crippen molar-refractivity contribution in [3.63, 3.8) is 0 Å². The summed E-state index contributed by atoms with van der Waals surface area (Å²) in [6.45, 7) is 0.291. The highest BCUT2D eigenvalue weighted by Gasteiger charge is 2.18. The zero-order chi connectivity index (χ0) is 19.2. The van der Waals surface area contributed by atoms with Gasteiger partial charge in [-0.15, -0.1) is 10.2 Å². The lowest BCUT2D eigenvalue weighted by Gasteiger charge is -2.08. The highest BCUT2D eigenvalue weighted by molar-refractivity contribution is 7.99. The van der Waals surface area contributed by atoms with Crippen LogP contribution in [0.5, 0.6) is 0 Å². The summed E-state index contributed by atoms with van der Waals surface area (Å²) in [4.78, 5) is 23.3. The van der Waals surface area contributed by atoms with Crippen molar-refractivity contribution in [1.82, 2.24) is 14.8 Å². The number of furan rings is 1. The molecule has 27 heavy (non-hydrogen) atoms. The topological polar surface area (TPSA) is 116 Å². The first-order valence-corrected chi connectivity index (χ1v) is 9.33. The first-order chi connectivity index (χ1) is 13.0. The van der Waals surface area contributed by atoms with Crippen molar-refractivity contribution >= 4 is 40.9 Å². The van der Waals surface area contributed by atoms with Crippen molar-refractivity contribution in [1.29, 1.82) is 0 Å². The van der Waals surface area contributed by atoms with E-state index < -0.39 is 5.91 Å². The third kappa shape index (κ3) is 5.11. The molecule has 10 heteroatoms. The fourth-order valence-corrected chi connectivity index (χ4v) is 3.16. The molecule has 3 aromatic rings. The van der Waals surface area contributed by atoms with Gasteiger partial charge in [0.25, 0.3) is 0 Å². The fourth-order valence-electron chi connectivity index (χ4n) is 2.27. The van der Waals surface area contributed by atoms with E-state index in [1.807, 2.05) is 0 Å². The summed E-state index contributed by atoms with van der Waals surface area (Å²) in [5, 5.41) is 12.1. The second-order valence-electron chi connectivity index (χ2n) is 5.50. The molecule has 0 aliphatic heterocycles. The number of carbonyl (C=O) groups is 2. The van der Waals surface area contributed by atoms with Gasteiger partial charge in [-0.3, -0.25) is 14.2 Å². The lowest BCUT2D eigenvalue weighted by Crippen LogP contribution is -2.16. The molecule has 2 amide bonds. The number of aromatic nitrogens is 3. The average molecular weight is 406 g/mol. The largest absolute Gasteiger partial charge is 0.461 e. The Hall–Kier alpha value is -2.78. The van der Waals surface area contributed by atoms with Crippen LogP contribution in [0, 0.1) is 0 Å². The van der Waals surface area contributed by atoms with E-state index in [1.54, 1.807) is 41.0 Å². The Labute approximate surface area is 164 Å². The molecule has 140 valence electrons. The quantitative estimate of drug-likeness (QED) is 0.556. The maximum absolute atomic E-state index is 12.2. The van der Waals surface area contributed by atoms with Crippen molar-refractivity contribution in [2.45, 2.75) is 18.1 Å². The average Bonchev–Trinajstić information content (AvgIpc) is 3.29. The molecule has 0 atom stereocenters. The fraction of sp³-hybridized carbons (Fsp3) is 0.176. The molecule has 3 N–H and O–H groups in total. The molecule has 0 aliphatic carbocycles. The number of halogens is 1. The Balaban J connectivity index is 1.69. The number of amides is 2. The van der Waals surface area contributed by atoms with Gasteiger partial charge in [-0.2, -0.15) is 0 Å². The van der Waals surface area contributed by atoms with E-state index in [0.717, 1.165) is 0 Å². The van der Waals surface area contributed by atoms with Crippen molar-refractivity contribution < 1.29 is 14.0 Å². The van der Waals surface area contributed by atoms with Gasteiger partial charge >= 0.3 is 0 Å². The van der Waals surface area contributed by atoms with E-state index in [4.69, 9.17) is 21.8 Å². The van der Waals surface area contributed by atoms with Crippen LogP contribution in [-0.4, -0.2) is 32.3 Å². The van der Waals surface area contributed by atoms with Gasteiger partial charge < -0.3 is 15.5 Å². The summed E-state index contributed by atoms with van der Waals surface area (Å²) >= 11 is 7.03. The highest BCUT2D eigenvalue weighted by atomic mass is 35.5. The van der Waals surface area contributed by atoms with Crippen molar-refractivity contribution in [2.75, 3.05) is 11.1 Å². The third-order valence-electron chi connectivity index (χ3n) is 3.50. The van der Waals surface area contributed by atoms with Gasteiger partial charge in [0.1, 0.15) is 0 Å². The van der Waals surface area contributed by atoms with Crippen LogP contribution in [0.1, 0.15) is 6.42 Å². The second-order valence-corrected chi connectivity index (χ2v) is 6.87. The smallest absolute Gasteiger partial charge is 0.234 e. The Morgan fingerprint density at radius 2 is 2.00 bits per heavy atom. The number of hydrogen-bond acceptors (Lipinski definition) is 6. The van der Waals surface area contributed by atoms with E-state index in [1.165, 1.54) is 18.0 Å². The standard InChI is InChI=1S/C17H16ClN5O3S/c18-11-3-5-12(6-4-11)20-15(25)10-27-17-22-21-16(13-2-1-9-26-13)23(17)8-7-14(19)24/h1-6,9H,7-8,10H2,(H2,19,24)(H,20,25). The maximum Gasteiger partial charge on any atom is 0.234 e. The SMILES string of the molecule is NC(=O)CCn1c(SCC(=O)Nc2ccc(Cl)cc2)nnc1-c1ccco1. The van der Waals surface area contributed by atoms with Gasteiger partial charge in [-0.25, -0.2) is 0 Å². The summed E-state index contributed by atoms with van der Waals surface area (Å²) in [5.74, 6) is 0.471. The van der Waals surface area contributed by atoms with Crippen LogP contribution in [0.25, 0.3) is 11.6 Å². The minimum Gasteiger partial charge on any atom is -0.461 e. The van der Waals surface area contributed by atoms with Crippen LogP contribution >= 0.6 is 23.4 Å². The molecule has 0 saturated carbocycles. The number of anilines is 1. The maximum atomic E-state index is 12.2. The number of benzene rings is 1. The van der Waals surface area contributed by atoms with E-state index in [9.17, 15) is 9.59 Å². The Morgan fingerprint density at radius 1 is 1.22 bits per heavy atom. The Kier molecular flexibility index (Phi) is 6.15. The summed E-state index contributed by atoms with van der Waals surface area (Å²) in [5.41, 5.74) is 5.90. The third-order valence-corrected chi connectivity index (χ3v) is 4.72. The number of nitrogens with two attached hydrogens (primary N) is 1. The van der Waals surface area contributed by atoms with Gasteiger partial charge in [0.15, 0.2) is 16.7 Å². The predicted octanol–water partition coefficient (Wildman–Crippen LogP) is 2.80. The Bertz CT molecular complexity index is 925. The molecule has 0 bridgehead atoms. The van der Waals surface area contributed by atoms with Crippen molar-refractivity contribution in [2.24, 2.45) is 5.73 Å². The van der Waals surface area contributed by atoms with Gasteiger partial charge in [0, 0.05) is 23.7 Å².